The van der Waals surface area contributed by atoms with Crippen molar-refractivity contribution in [2.75, 3.05) is 13.6 Å². The Kier molecular flexibility index (Phi) is 3.26. The molecule has 1 aliphatic heterocycles. The molecule has 0 saturated carbocycles. The minimum atomic E-state index is -0.874. The largest absolute Gasteiger partial charge is 0.478 e. The second kappa shape index (κ2) is 4.82. The third-order valence-corrected chi connectivity index (χ3v) is 4.26. The third-order valence-electron chi connectivity index (χ3n) is 3.80. The number of fused-ring (bicyclic) bond motifs is 2. The summed E-state index contributed by atoms with van der Waals surface area (Å²) in [6.45, 7) is 3.53. The first kappa shape index (κ1) is 13.5. The average Bonchev–Trinajstić information content (AvgIpc) is 2.36. The summed E-state index contributed by atoms with van der Waals surface area (Å²) in [5.74, 6) is -0.874. The van der Waals surface area contributed by atoms with E-state index in [2.05, 4.69) is 20.8 Å². The summed E-state index contributed by atoms with van der Waals surface area (Å²) in [5.41, 5.74) is 3.99. The number of rotatable bonds is 1. The molecule has 0 aliphatic carbocycles. The molecule has 4 nitrogen and oxygen atoms in total. The maximum absolute atomic E-state index is 11.8. The lowest BCUT2D eigenvalue weighted by molar-refractivity contribution is 0.0696. The van der Waals surface area contributed by atoms with Crippen molar-refractivity contribution >= 4 is 32.8 Å². The summed E-state index contributed by atoms with van der Waals surface area (Å²) in [4.78, 5) is 18.6. The van der Waals surface area contributed by atoms with Crippen LogP contribution in [0, 0.1) is 6.92 Å². The maximum Gasteiger partial charge on any atom is 0.336 e. The predicted molar refractivity (Wildman–Crippen MR) is 81.2 cm³/mol. The molecule has 0 atom stereocenters. The second-order valence-corrected chi connectivity index (χ2v) is 6.24. The first-order valence-corrected chi connectivity index (χ1v) is 7.30. The molecule has 0 saturated heterocycles. The van der Waals surface area contributed by atoms with Gasteiger partial charge in [0.25, 0.3) is 0 Å². The first-order valence-electron chi connectivity index (χ1n) is 6.51. The van der Waals surface area contributed by atoms with E-state index in [1.165, 1.54) is 0 Å². The highest BCUT2D eigenvalue weighted by Gasteiger charge is 2.24. The fourth-order valence-corrected chi connectivity index (χ4v) is 3.42. The van der Waals surface area contributed by atoms with E-state index < -0.39 is 5.97 Å². The van der Waals surface area contributed by atoms with Crippen LogP contribution in [0.25, 0.3) is 10.9 Å². The quantitative estimate of drug-likeness (QED) is 0.871. The van der Waals surface area contributed by atoms with Crippen LogP contribution in [0.2, 0.25) is 0 Å². The Morgan fingerprint density at radius 2 is 2.20 bits per heavy atom. The van der Waals surface area contributed by atoms with Crippen LogP contribution < -0.4 is 0 Å². The van der Waals surface area contributed by atoms with Gasteiger partial charge in [0.05, 0.1) is 11.1 Å². The van der Waals surface area contributed by atoms with Crippen molar-refractivity contribution in [2.45, 2.75) is 19.9 Å². The van der Waals surface area contributed by atoms with E-state index in [0.29, 0.717) is 12.1 Å². The molecule has 0 spiro atoms. The summed E-state index contributed by atoms with van der Waals surface area (Å²) in [6.07, 6.45) is 0.803. The first-order chi connectivity index (χ1) is 9.47. The number of hydrogen-bond donors (Lipinski definition) is 1. The summed E-state index contributed by atoms with van der Waals surface area (Å²) < 4.78 is 0.885. The van der Waals surface area contributed by atoms with E-state index in [9.17, 15) is 9.90 Å². The van der Waals surface area contributed by atoms with Crippen molar-refractivity contribution in [1.29, 1.82) is 0 Å². The molecular formula is C15H15BrN2O2. The third kappa shape index (κ3) is 2.11. The molecule has 1 aromatic carbocycles. The number of carbonyl (C=O) groups is 1. The molecule has 5 heteroatoms. The van der Waals surface area contributed by atoms with Crippen molar-refractivity contribution in [3.8, 4) is 0 Å². The van der Waals surface area contributed by atoms with Crippen molar-refractivity contribution in [3.63, 3.8) is 0 Å². The van der Waals surface area contributed by atoms with Crippen LogP contribution in [0.1, 0.15) is 27.2 Å². The van der Waals surface area contributed by atoms with Crippen LogP contribution in [-0.4, -0.2) is 34.6 Å². The highest BCUT2D eigenvalue weighted by atomic mass is 79.9. The van der Waals surface area contributed by atoms with Crippen molar-refractivity contribution in [3.05, 3.63) is 39.0 Å². The van der Waals surface area contributed by atoms with Gasteiger partial charge in [-0.1, -0.05) is 15.9 Å². The fourth-order valence-electron chi connectivity index (χ4n) is 2.85. The lowest BCUT2D eigenvalue weighted by Gasteiger charge is -2.26. The highest BCUT2D eigenvalue weighted by Crippen LogP contribution is 2.31. The molecule has 2 aromatic rings. The highest BCUT2D eigenvalue weighted by molar-refractivity contribution is 9.10. The van der Waals surface area contributed by atoms with E-state index in [4.69, 9.17) is 4.98 Å². The molecule has 1 N–H and O–H groups in total. The Balaban J connectivity index is 2.42. The SMILES string of the molecule is Cc1cc(Br)cc2c(C(=O)O)c3c(nc12)CCN(C)C3. The minimum Gasteiger partial charge on any atom is -0.478 e. The van der Waals surface area contributed by atoms with Gasteiger partial charge in [-0.2, -0.15) is 0 Å². The van der Waals surface area contributed by atoms with Gasteiger partial charge in [-0.25, -0.2) is 4.79 Å². The molecule has 1 aromatic heterocycles. The van der Waals surface area contributed by atoms with Gasteiger partial charge in [0.2, 0.25) is 0 Å². The maximum atomic E-state index is 11.8. The number of hydrogen-bond acceptors (Lipinski definition) is 3. The lowest BCUT2D eigenvalue weighted by atomic mass is 9.95. The predicted octanol–water partition coefficient (Wildman–Crippen LogP) is 2.99. The fraction of sp³-hybridized carbons (Fsp3) is 0.333. The molecule has 1 aliphatic rings. The Morgan fingerprint density at radius 1 is 1.45 bits per heavy atom. The van der Waals surface area contributed by atoms with Crippen molar-refractivity contribution in [2.24, 2.45) is 0 Å². The topological polar surface area (TPSA) is 53.4 Å². The monoisotopic (exact) mass is 334 g/mol. The van der Waals surface area contributed by atoms with Crippen LogP contribution in [0.15, 0.2) is 16.6 Å². The Morgan fingerprint density at radius 3 is 2.90 bits per heavy atom. The van der Waals surface area contributed by atoms with Crippen LogP contribution in [0.4, 0.5) is 0 Å². The van der Waals surface area contributed by atoms with E-state index in [1.54, 1.807) is 0 Å². The van der Waals surface area contributed by atoms with Gasteiger partial charge >= 0.3 is 5.97 Å². The van der Waals surface area contributed by atoms with E-state index >= 15 is 0 Å². The number of pyridine rings is 1. The number of aryl methyl sites for hydroxylation is 1. The Labute approximate surface area is 125 Å². The Bertz CT molecular complexity index is 728. The van der Waals surface area contributed by atoms with E-state index in [-0.39, 0.29) is 0 Å². The molecule has 3 rings (SSSR count). The van der Waals surface area contributed by atoms with E-state index in [1.807, 2.05) is 26.1 Å². The number of carboxylic acid groups (broad SMARTS) is 1. The zero-order valence-electron chi connectivity index (χ0n) is 11.4. The number of benzene rings is 1. The standard InChI is InChI=1S/C15H15BrN2O2/c1-8-5-9(16)6-10-13(15(19)20)11-7-18(2)4-3-12(11)17-14(8)10/h5-6H,3-4,7H2,1-2H3,(H,19,20). The smallest absolute Gasteiger partial charge is 0.336 e. The number of aromatic carboxylic acids is 1. The summed E-state index contributed by atoms with van der Waals surface area (Å²) in [5, 5.41) is 10.4. The normalized spacial score (nSPS) is 15.3. The van der Waals surface area contributed by atoms with Crippen LogP contribution >= 0.6 is 15.9 Å². The average molecular weight is 335 g/mol. The van der Waals surface area contributed by atoms with E-state index in [0.717, 1.165) is 45.2 Å². The lowest BCUT2D eigenvalue weighted by Crippen LogP contribution is -2.29. The van der Waals surface area contributed by atoms with Crippen LogP contribution in [0.5, 0.6) is 0 Å². The number of halogens is 1. The molecule has 2 heterocycles. The molecule has 0 fully saturated rings. The summed E-state index contributed by atoms with van der Waals surface area (Å²) in [7, 11) is 2.00. The van der Waals surface area contributed by atoms with Gasteiger partial charge in [-0.15, -0.1) is 0 Å². The van der Waals surface area contributed by atoms with Crippen molar-refractivity contribution < 1.29 is 9.90 Å². The van der Waals surface area contributed by atoms with Gasteiger partial charge in [-0.05, 0) is 31.7 Å². The van der Waals surface area contributed by atoms with Crippen molar-refractivity contribution in [1.82, 2.24) is 9.88 Å². The number of likely N-dealkylation sites (N-methyl/N-ethyl adjacent to an activating group) is 1. The summed E-state index contributed by atoms with van der Waals surface area (Å²) >= 11 is 3.44. The molecule has 20 heavy (non-hydrogen) atoms. The molecule has 0 radical (unpaired) electrons. The van der Waals surface area contributed by atoms with Gasteiger partial charge in [0.1, 0.15) is 0 Å². The molecule has 0 amide bonds. The van der Waals surface area contributed by atoms with Crippen LogP contribution in [0.3, 0.4) is 0 Å². The number of carboxylic acids is 1. The molecular weight excluding hydrogens is 320 g/mol. The van der Waals surface area contributed by atoms with Gasteiger partial charge in [0, 0.05) is 40.6 Å². The van der Waals surface area contributed by atoms with Gasteiger partial charge in [-0.3, -0.25) is 4.98 Å². The van der Waals surface area contributed by atoms with Gasteiger partial charge in [0.15, 0.2) is 0 Å². The summed E-state index contributed by atoms with van der Waals surface area (Å²) in [6, 6.07) is 3.83. The van der Waals surface area contributed by atoms with Crippen LogP contribution in [-0.2, 0) is 13.0 Å². The second-order valence-electron chi connectivity index (χ2n) is 5.32. The zero-order chi connectivity index (χ0) is 14.4. The number of nitrogens with zero attached hydrogens (tertiary/aromatic N) is 2. The zero-order valence-corrected chi connectivity index (χ0v) is 13.0. The molecule has 0 bridgehead atoms. The Hall–Kier alpha value is -1.46. The van der Waals surface area contributed by atoms with Gasteiger partial charge < -0.3 is 10.0 Å². The minimum absolute atomic E-state index is 0.404. The molecule has 104 valence electrons. The molecule has 0 unspecified atom stereocenters. The number of aromatic nitrogens is 1.